The van der Waals surface area contributed by atoms with Crippen LogP contribution in [-0.2, 0) is 21.3 Å². The fourth-order valence-electron chi connectivity index (χ4n) is 5.29. The Morgan fingerprint density at radius 3 is 1.53 bits per heavy atom. The van der Waals surface area contributed by atoms with Gasteiger partial charge in [0.15, 0.2) is 0 Å². The molecule has 0 fully saturated rings. The maximum atomic E-state index is 2.43. The molecule has 3 heteroatoms. The van der Waals surface area contributed by atoms with Gasteiger partial charge in [0.05, 0.1) is 0 Å². The molecule has 0 bridgehead atoms. The molecule has 6 rings (SSSR count). The first-order valence-corrected chi connectivity index (χ1v) is 15.2. The van der Waals surface area contributed by atoms with Crippen LogP contribution in [0.5, 0.6) is 0 Å². The van der Waals surface area contributed by atoms with E-state index in [1.807, 2.05) is 0 Å². The summed E-state index contributed by atoms with van der Waals surface area (Å²) in [7, 11) is 0. The molecule has 0 aliphatic heterocycles. The fraction of sp³-hybridized carbons (Fsp3) is 0.0645. The van der Waals surface area contributed by atoms with E-state index in [2.05, 4.69) is 127 Å². The van der Waals surface area contributed by atoms with Gasteiger partial charge in [-0.3, -0.25) is 0 Å². The molecule has 0 saturated carbocycles. The Bertz CT molecular complexity index is 1300. The van der Waals surface area contributed by atoms with Crippen LogP contribution in [0, 0.1) is 0 Å². The summed E-state index contributed by atoms with van der Waals surface area (Å²) in [5.74, 6) is 0. The summed E-state index contributed by atoms with van der Waals surface area (Å²) >= 11 is -2.47. The van der Waals surface area contributed by atoms with Crippen LogP contribution in [0.1, 0.15) is 32.3 Å². The molecule has 0 spiro atoms. The molecule has 166 valence electrons. The van der Waals surface area contributed by atoms with Gasteiger partial charge in [-0.15, -0.1) is 0 Å². The number of hydrogen-bond donors (Lipinski definition) is 0. The van der Waals surface area contributed by atoms with Crippen molar-refractivity contribution in [2.45, 2.75) is 10.0 Å². The summed E-state index contributed by atoms with van der Waals surface area (Å²) in [4.78, 5) is 0. The van der Waals surface area contributed by atoms with Gasteiger partial charge in [0.25, 0.3) is 0 Å². The molecule has 0 aromatic heterocycles. The quantitative estimate of drug-likeness (QED) is 0.379. The van der Waals surface area contributed by atoms with Gasteiger partial charge in [0, 0.05) is 0 Å². The van der Waals surface area contributed by atoms with Crippen LogP contribution in [0.25, 0.3) is 11.1 Å². The molecule has 2 aliphatic carbocycles. The molecule has 0 N–H and O–H groups in total. The van der Waals surface area contributed by atoms with Gasteiger partial charge < -0.3 is 9.41 Å². The Balaban J connectivity index is 0.00000137. The van der Waals surface area contributed by atoms with Gasteiger partial charge in [-0.2, -0.15) is 0 Å². The van der Waals surface area contributed by atoms with Crippen molar-refractivity contribution in [3.63, 3.8) is 0 Å². The SMILES string of the molecule is C1=CC[C]([Zr+2](=[C](c2ccccc2)c2ccccc2)[CH]2c3ccccc3-c3ccccc32)=C1.[F-].[F-]. The van der Waals surface area contributed by atoms with E-state index in [1.165, 1.54) is 33.4 Å². The summed E-state index contributed by atoms with van der Waals surface area (Å²) < 4.78 is 3.79. The normalized spacial score (nSPS) is 13.0. The van der Waals surface area contributed by atoms with Crippen molar-refractivity contribution >= 4 is 3.21 Å². The van der Waals surface area contributed by atoms with Gasteiger partial charge in [0.1, 0.15) is 0 Å². The standard InChI is InChI=1S/C13H9.C13H10.C5H5.2FH.Zr/c1-3-7-12-10(5-1)9-11-6-2-4-8-13(11)12;1-3-7-12(8-4-1)11-13-9-5-2-6-10-13;1-2-4-5-3-1;;;/h1-9H;1-10H;1-3H,4H2;2*1H;/q;;;;;+2/p-2. The summed E-state index contributed by atoms with van der Waals surface area (Å²) in [5, 5.41) is 0. The number of hydrogen-bond acceptors (Lipinski definition) is 0. The maximum absolute atomic E-state index is 2.47. The van der Waals surface area contributed by atoms with Crippen LogP contribution in [0.3, 0.4) is 0 Å². The van der Waals surface area contributed by atoms with Gasteiger partial charge in [-0.05, 0) is 0 Å². The first-order valence-electron chi connectivity index (χ1n) is 11.3. The third-order valence-corrected chi connectivity index (χ3v) is 14.9. The van der Waals surface area contributed by atoms with Crippen LogP contribution in [0.4, 0.5) is 0 Å². The molecular weight excluding hydrogens is 502 g/mol. The van der Waals surface area contributed by atoms with Crippen LogP contribution in [0.2, 0.25) is 0 Å². The van der Waals surface area contributed by atoms with Crippen molar-refractivity contribution in [1.29, 1.82) is 0 Å². The van der Waals surface area contributed by atoms with Gasteiger partial charge >= 0.3 is 199 Å². The Kier molecular flexibility index (Phi) is 7.44. The molecule has 2 aliphatic rings. The van der Waals surface area contributed by atoms with E-state index in [-0.39, 0.29) is 9.41 Å². The Morgan fingerprint density at radius 1 is 0.588 bits per heavy atom. The molecule has 4 aromatic rings. The van der Waals surface area contributed by atoms with Crippen LogP contribution < -0.4 is 9.41 Å². The third kappa shape index (κ3) is 4.14. The number of rotatable bonds is 4. The Morgan fingerprint density at radius 2 is 1.06 bits per heavy atom. The van der Waals surface area contributed by atoms with E-state index in [9.17, 15) is 0 Å². The molecule has 0 unspecified atom stereocenters. The van der Waals surface area contributed by atoms with E-state index in [1.54, 1.807) is 6.49 Å². The van der Waals surface area contributed by atoms with Crippen LogP contribution >= 0.6 is 0 Å². The van der Waals surface area contributed by atoms with E-state index >= 15 is 0 Å². The average molecular weight is 526 g/mol. The largest absolute Gasteiger partial charge is 1.00 e. The average Bonchev–Trinajstić information content (AvgIpc) is 3.51. The number of halogens is 2. The van der Waals surface area contributed by atoms with Crippen LogP contribution in [0.15, 0.2) is 131 Å². The molecular formula is C31H24F2Zr. The van der Waals surface area contributed by atoms with E-state index in [0.29, 0.717) is 3.63 Å². The van der Waals surface area contributed by atoms with Crippen molar-refractivity contribution < 1.29 is 30.7 Å². The molecule has 0 radical (unpaired) electrons. The van der Waals surface area contributed by atoms with Crippen molar-refractivity contribution in [1.82, 2.24) is 0 Å². The first-order chi connectivity index (χ1) is 15.9. The summed E-state index contributed by atoms with van der Waals surface area (Å²) in [6, 6.07) is 40.5. The molecule has 0 saturated heterocycles. The smallest absolute Gasteiger partial charge is 1.00 e. The molecule has 0 amide bonds. The van der Waals surface area contributed by atoms with Crippen molar-refractivity contribution in [3.8, 4) is 11.1 Å². The van der Waals surface area contributed by atoms with Gasteiger partial charge in [-0.1, -0.05) is 0 Å². The van der Waals surface area contributed by atoms with Crippen molar-refractivity contribution in [3.05, 3.63) is 153 Å². The minimum atomic E-state index is -2.47. The molecule has 0 heterocycles. The monoisotopic (exact) mass is 524 g/mol. The van der Waals surface area contributed by atoms with E-state index in [0.717, 1.165) is 6.42 Å². The predicted molar refractivity (Wildman–Crippen MR) is 132 cm³/mol. The minimum Gasteiger partial charge on any atom is -1.00 e. The zero-order chi connectivity index (χ0) is 21.3. The zero-order valence-corrected chi connectivity index (χ0v) is 21.1. The predicted octanol–water partition coefficient (Wildman–Crippen LogP) is 1.50. The van der Waals surface area contributed by atoms with Crippen LogP contribution in [-0.4, -0.2) is 3.21 Å². The van der Waals surface area contributed by atoms with Crippen molar-refractivity contribution in [2.24, 2.45) is 0 Å². The Hall–Kier alpha value is -3.03. The number of allylic oxidation sites excluding steroid dienone is 4. The second-order valence-electron chi connectivity index (χ2n) is 8.45. The second kappa shape index (κ2) is 10.5. The molecule has 0 nitrogen and oxygen atoms in total. The zero-order valence-electron chi connectivity index (χ0n) is 18.7. The fourth-order valence-corrected chi connectivity index (χ4v) is 14.3. The minimum absolute atomic E-state index is 0. The second-order valence-corrected chi connectivity index (χ2v) is 14.7. The summed E-state index contributed by atoms with van der Waals surface area (Å²) in [6.45, 7) is 0. The number of fused-ring (bicyclic) bond motifs is 3. The summed E-state index contributed by atoms with van der Waals surface area (Å²) in [6.07, 6.45) is 8.15. The van der Waals surface area contributed by atoms with E-state index < -0.39 is 21.3 Å². The van der Waals surface area contributed by atoms with Gasteiger partial charge in [0.2, 0.25) is 0 Å². The number of benzene rings is 4. The summed E-state index contributed by atoms with van der Waals surface area (Å²) in [5.41, 5.74) is 8.70. The molecule has 0 atom stereocenters. The van der Waals surface area contributed by atoms with Crippen molar-refractivity contribution in [2.75, 3.05) is 0 Å². The Labute approximate surface area is 207 Å². The topological polar surface area (TPSA) is 0 Å². The molecule has 34 heavy (non-hydrogen) atoms. The molecule has 4 aromatic carbocycles. The third-order valence-electron chi connectivity index (χ3n) is 6.63. The first kappa shape index (κ1) is 24.1. The van der Waals surface area contributed by atoms with Gasteiger partial charge in [-0.25, -0.2) is 0 Å². The van der Waals surface area contributed by atoms with E-state index in [4.69, 9.17) is 0 Å². The maximum Gasteiger partial charge on any atom is -1.00 e.